The van der Waals surface area contributed by atoms with E-state index in [0.717, 1.165) is 24.0 Å². The van der Waals surface area contributed by atoms with Gasteiger partial charge in [-0.25, -0.2) is 4.39 Å². The smallest absolute Gasteiger partial charge is 0.251 e. The van der Waals surface area contributed by atoms with Gasteiger partial charge < -0.3 is 26.5 Å². The maximum absolute atomic E-state index is 14.0. The molecule has 1 aliphatic heterocycles. The lowest BCUT2D eigenvalue weighted by molar-refractivity contribution is -0.139. The highest BCUT2D eigenvalue weighted by Gasteiger charge is 2.49. The van der Waals surface area contributed by atoms with Crippen molar-refractivity contribution in [2.24, 2.45) is 5.73 Å². The number of likely N-dealkylation sites (tertiary alicyclic amines) is 1. The van der Waals surface area contributed by atoms with Gasteiger partial charge >= 0.3 is 0 Å². The highest BCUT2D eigenvalue weighted by molar-refractivity contribution is 6.01. The Kier molecular flexibility index (Phi) is 8.83. The number of hydrogen-bond donors (Lipinski definition) is 4. The fourth-order valence-corrected chi connectivity index (χ4v) is 6.11. The molecule has 4 rings (SSSR count). The summed E-state index contributed by atoms with van der Waals surface area (Å²) in [6.45, 7) is 3.11. The molecule has 3 amide bonds. The fourth-order valence-electron chi connectivity index (χ4n) is 6.11. The topological polar surface area (TPSA) is 137 Å². The van der Waals surface area contributed by atoms with Crippen molar-refractivity contribution in [1.82, 2.24) is 10.2 Å². The predicted molar refractivity (Wildman–Crippen MR) is 150 cm³/mol. The molecule has 2 unspecified atom stereocenters. The van der Waals surface area contributed by atoms with E-state index in [1.54, 1.807) is 42.2 Å². The van der Waals surface area contributed by atoms with E-state index in [1.165, 1.54) is 18.2 Å². The van der Waals surface area contributed by atoms with Gasteiger partial charge in [-0.15, -0.1) is 0 Å². The molecule has 212 valence electrons. The van der Waals surface area contributed by atoms with Crippen LogP contribution in [0.3, 0.4) is 0 Å². The Morgan fingerprint density at radius 2 is 1.90 bits per heavy atom. The van der Waals surface area contributed by atoms with Crippen molar-refractivity contribution >= 4 is 23.4 Å². The first kappa shape index (κ1) is 29.1. The minimum absolute atomic E-state index is 0.215. The Labute approximate surface area is 234 Å². The Hall–Kier alpha value is -3.85. The van der Waals surface area contributed by atoms with Crippen LogP contribution in [0.1, 0.15) is 78.5 Å². The van der Waals surface area contributed by atoms with Crippen LogP contribution >= 0.6 is 0 Å². The van der Waals surface area contributed by atoms with Gasteiger partial charge in [0.15, 0.2) is 0 Å². The van der Waals surface area contributed by atoms with Crippen LogP contribution in [-0.2, 0) is 16.0 Å². The molecule has 9 heteroatoms. The molecule has 1 heterocycles. The van der Waals surface area contributed by atoms with E-state index in [0.29, 0.717) is 42.4 Å². The predicted octanol–water partition coefficient (Wildman–Crippen LogP) is 3.90. The van der Waals surface area contributed by atoms with Crippen molar-refractivity contribution in [2.75, 3.05) is 6.54 Å². The summed E-state index contributed by atoms with van der Waals surface area (Å²) in [6, 6.07) is 10.5. The average molecular weight is 549 g/mol. The molecule has 2 aliphatic rings. The third-order valence-corrected chi connectivity index (χ3v) is 8.09. The summed E-state index contributed by atoms with van der Waals surface area (Å²) >= 11 is 0. The van der Waals surface area contributed by atoms with E-state index in [-0.39, 0.29) is 36.4 Å². The molecule has 1 saturated carbocycles. The van der Waals surface area contributed by atoms with Crippen LogP contribution in [0, 0.1) is 18.2 Å². The molecular weight excluding hydrogens is 511 g/mol. The van der Waals surface area contributed by atoms with E-state index in [2.05, 4.69) is 5.32 Å². The molecule has 1 saturated heterocycles. The summed E-state index contributed by atoms with van der Waals surface area (Å²) in [5.74, 6) is -1.74. The molecule has 0 spiro atoms. The number of carbonyl (C=O) groups excluding carboxylic acids is 3. The van der Waals surface area contributed by atoms with Crippen molar-refractivity contribution in [1.29, 1.82) is 5.41 Å². The monoisotopic (exact) mass is 548 g/mol. The molecule has 1 aliphatic carbocycles. The number of carbonyl (C=O) groups is 3. The van der Waals surface area contributed by atoms with Crippen molar-refractivity contribution in [2.45, 2.75) is 76.5 Å². The van der Waals surface area contributed by atoms with Crippen LogP contribution in [0.5, 0.6) is 0 Å². The van der Waals surface area contributed by atoms with Crippen LogP contribution in [0.4, 0.5) is 4.39 Å². The van der Waals surface area contributed by atoms with Gasteiger partial charge in [0.2, 0.25) is 11.8 Å². The van der Waals surface area contributed by atoms with Crippen LogP contribution in [0.2, 0.25) is 0 Å². The number of amides is 3. The highest BCUT2D eigenvalue weighted by Crippen LogP contribution is 2.45. The van der Waals surface area contributed by atoms with Gasteiger partial charge in [0, 0.05) is 23.3 Å². The number of aliphatic hydroxyl groups is 1. The molecule has 40 heavy (non-hydrogen) atoms. The Balaban J connectivity index is 1.48. The SMILES string of the molecule is CC(=N)/C=C(/Cc1ccc(C(=O)NCC(=O)N2C(c3cccc(F)c3)CCC2C2(O)CCCC2)cc1C)C(N)=O. The summed E-state index contributed by atoms with van der Waals surface area (Å²) < 4.78 is 14.0. The largest absolute Gasteiger partial charge is 0.388 e. The summed E-state index contributed by atoms with van der Waals surface area (Å²) in [5.41, 5.74) is 7.58. The Morgan fingerprint density at radius 3 is 2.52 bits per heavy atom. The molecule has 0 bridgehead atoms. The lowest BCUT2D eigenvalue weighted by Crippen LogP contribution is -2.53. The Morgan fingerprint density at radius 1 is 1.18 bits per heavy atom. The van der Waals surface area contributed by atoms with Crippen LogP contribution in [-0.4, -0.2) is 51.6 Å². The average Bonchev–Trinajstić information content (AvgIpc) is 3.55. The number of aryl methyl sites for hydroxylation is 1. The molecular formula is C31H37FN4O4. The molecule has 2 fully saturated rings. The molecule has 2 atom stereocenters. The number of nitrogens with one attached hydrogen (secondary N) is 2. The van der Waals surface area contributed by atoms with Gasteiger partial charge in [-0.3, -0.25) is 14.4 Å². The summed E-state index contributed by atoms with van der Waals surface area (Å²) in [7, 11) is 0. The number of halogens is 1. The zero-order valence-electron chi connectivity index (χ0n) is 23.0. The van der Waals surface area contributed by atoms with E-state index < -0.39 is 23.5 Å². The number of nitrogens with zero attached hydrogens (tertiary/aromatic N) is 1. The van der Waals surface area contributed by atoms with Gasteiger partial charge in [-0.2, -0.15) is 0 Å². The zero-order valence-corrected chi connectivity index (χ0v) is 23.0. The van der Waals surface area contributed by atoms with Crippen LogP contribution in [0.15, 0.2) is 54.1 Å². The normalized spacial score (nSPS) is 20.4. The van der Waals surface area contributed by atoms with Gasteiger partial charge in [0.25, 0.3) is 5.91 Å². The third kappa shape index (κ3) is 6.47. The standard InChI is InChI=1S/C31H37FN4O4/c1-19-14-23(9-8-21(19)16-24(29(34)38)15-20(2)33)30(39)35-18-28(37)36-26(22-6-5-7-25(32)17-22)10-11-27(36)31(40)12-3-4-13-31/h5-9,14-15,17,26-27,33,40H,3-4,10-13,16,18H2,1-2H3,(H2,34,38)(H,35,39)/b24-15-,33-20?. The number of rotatable bonds is 9. The molecule has 5 N–H and O–H groups in total. The molecule has 2 aromatic carbocycles. The van der Waals surface area contributed by atoms with Crippen LogP contribution in [0.25, 0.3) is 0 Å². The first-order valence-electron chi connectivity index (χ1n) is 13.7. The van der Waals surface area contributed by atoms with Gasteiger partial charge in [0.05, 0.1) is 24.2 Å². The first-order chi connectivity index (χ1) is 19.0. The number of hydrogen-bond acceptors (Lipinski definition) is 5. The summed E-state index contributed by atoms with van der Waals surface area (Å²) in [4.78, 5) is 40.0. The second-order valence-electron chi connectivity index (χ2n) is 11.0. The van der Waals surface area contributed by atoms with Gasteiger partial charge in [0.1, 0.15) is 5.82 Å². The lowest BCUT2D eigenvalue weighted by atomic mass is 9.90. The summed E-state index contributed by atoms with van der Waals surface area (Å²) in [5, 5.41) is 21.7. The highest BCUT2D eigenvalue weighted by atomic mass is 19.1. The van der Waals surface area contributed by atoms with E-state index >= 15 is 0 Å². The molecule has 2 aromatic rings. The minimum Gasteiger partial charge on any atom is -0.388 e. The Bertz CT molecular complexity index is 1350. The number of allylic oxidation sites excluding steroid dienone is 1. The molecule has 0 radical (unpaired) electrons. The quantitative estimate of drug-likeness (QED) is 0.279. The van der Waals surface area contributed by atoms with Gasteiger partial charge in [-0.05, 0) is 86.6 Å². The van der Waals surface area contributed by atoms with Crippen molar-refractivity contribution in [3.8, 4) is 0 Å². The fraction of sp³-hybridized carbons (Fsp3) is 0.419. The van der Waals surface area contributed by atoms with Gasteiger partial charge in [-0.1, -0.05) is 31.0 Å². The summed E-state index contributed by atoms with van der Waals surface area (Å²) in [6.07, 6.45) is 5.89. The zero-order chi connectivity index (χ0) is 29.0. The minimum atomic E-state index is -0.983. The van der Waals surface area contributed by atoms with E-state index in [1.807, 2.05) is 6.92 Å². The van der Waals surface area contributed by atoms with E-state index in [4.69, 9.17) is 11.1 Å². The first-order valence-corrected chi connectivity index (χ1v) is 13.7. The maximum atomic E-state index is 14.0. The van der Waals surface area contributed by atoms with Crippen molar-refractivity contribution in [3.05, 3.63) is 82.2 Å². The van der Waals surface area contributed by atoms with E-state index in [9.17, 15) is 23.9 Å². The molecule has 0 aromatic heterocycles. The number of primary amides is 1. The number of nitrogens with two attached hydrogens (primary N) is 1. The maximum Gasteiger partial charge on any atom is 0.251 e. The van der Waals surface area contributed by atoms with Crippen molar-refractivity contribution < 1.29 is 23.9 Å². The number of benzene rings is 2. The van der Waals surface area contributed by atoms with Crippen LogP contribution < -0.4 is 11.1 Å². The second kappa shape index (κ2) is 12.1. The van der Waals surface area contributed by atoms with Crippen molar-refractivity contribution in [3.63, 3.8) is 0 Å². The second-order valence-corrected chi connectivity index (χ2v) is 11.0. The molecule has 8 nitrogen and oxygen atoms in total. The lowest BCUT2D eigenvalue weighted by Gasteiger charge is -2.39. The third-order valence-electron chi connectivity index (χ3n) is 8.09.